The average molecular weight is 394 g/mol. The van der Waals surface area contributed by atoms with Crippen molar-refractivity contribution in [2.75, 3.05) is 0 Å². The van der Waals surface area contributed by atoms with Crippen molar-refractivity contribution in [3.63, 3.8) is 0 Å². The van der Waals surface area contributed by atoms with Gasteiger partial charge in [0.15, 0.2) is 5.78 Å². The molecule has 3 rings (SSSR count). The van der Waals surface area contributed by atoms with Crippen molar-refractivity contribution in [1.29, 1.82) is 0 Å². The highest BCUT2D eigenvalue weighted by Crippen LogP contribution is 2.55. The second-order valence-electron chi connectivity index (χ2n) is 7.05. The second kappa shape index (κ2) is 5.88. The Morgan fingerprint density at radius 2 is 1.85 bits per heavy atom. The summed E-state index contributed by atoms with van der Waals surface area (Å²) in [5.74, 6) is -4.29. The normalized spacial score (nSPS) is 28.3. The number of β-lactam (4-membered cyclic amide) rings is 1. The number of carboxylic acids is 1. The fourth-order valence-corrected chi connectivity index (χ4v) is 5.29. The molecule has 2 heterocycles. The highest BCUT2D eigenvalue weighted by Gasteiger charge is 2.74. The lowest BCUT2D eigenvalue weighted by atomic mass is 9.81. The minimum Gasteiger partial charge on any atom is -0.508 e. The van der Waals surface area contributed by atoms with Crippen LogP contribution in [0.2, 0.25) is 0 Å². The lowest BCUT2D eigenvalue weighted by Gasteiger charge is -2.51. The molecule has 10 heteroatoms. The Morgan fingerprint density at radius 3 is 2.41 bits per heavy atom. The first-order chi connectivity index (χ1) is 12.4. The van der Waals surface area contributed by atoms with E-state index in [1.807, 2.05) is 0 Å². The number of phenolic OH excluding ortho intramolecular Hbond substituents is 2. The monoisotopic (exact) mass is 394 g/mol. The van der Waals surface area contributed by atoms with E-state index in [9.17, 15) is 34.5 Å². The summed E-state index contributed by atoms with van der Waals surface area (Å²) in [6.07, 6.45) is 0. The molecule has 0 bridgehead atoms. The first-order valence-corrected chi connectivity index (χ1v) is 8.90. The topological polar surface area (TPSA) is 144 Å². The summed E-state index contributed by atoms with van der Waals surface area (Å²) >= 11 is 1.11. The number of hydrogen-bond acceptors (Lipinski definition) is 7. The lowest BCUT2D eigenvalue weighted by Crippen LogP contribution is -2.82. The van der Waals surface area contributed by atoms with Crippen LogP contribution in [0.3, 0.4) is 0 Å². The third-order valence-corrected chi connectivity index (χ3v) is 6.51. The van der Waals surface area contributed by atoms with Gasteiger partial charge in [0, 0.05) is 4.75 Å². The van der Waals surface area contributed by atoms with E-state index in [4.69, 9.17) is 0 Å². The van der Waals surface area contributed by atoms with Gasteiger partial charge in [-0.15, -0.1) is 11.8 Å². The largest absolute Gasteiger partial charge is 0.508 e. The molecular formula is C17H18N2O7S. The second-order valence-corrected chi connectivity index (χ2v) is 8.78. The summed E-state index contributed by atoms with van der Waals surface area (Å²) in [5, 5.41) is 30.3. The molecule has 144 valence electrons. The van der Waals surface area contributed by atoms with Gasteiger partial charge in [-0.05, 0) is 39.0 Å². The van der Waals surface area contributed by atoms with Crippen molar-refractivity contribution in [3.05, 3.63) is 23.8 Å². The number of thioether (sulfide) groups is 1. The van der Waals surface area contributed by atoms with E-state index in [2.05, 4.69) is 5.32 Å². The average Bonchev–Trinajstić information content (AvgIpc) is 2.83. The zero-order valence-corrected chi connectivity index (χ0v) is 15.5. The van der Waals surface area contributed by atoms with Crippen molar-refractivity contribution in [2.24, 2.45) is 0 Å². The van der Waals surface area contributed by atoms with E-state index in [0.717, 1.165) is 35.7 Å². The number of nitrogens with one attached hydrogen (secondary N) is 1. The van der Waals surface area contributed by atoms with E-state index in [1.54, 1.807) is 13.8 Å². The molecule has 2 aliphatic heterocycles. The number of aromatic hydroxyl groups is 2. The molecule has 0 spiro atoms. The first-order valence-electron chi connectivity index (χ1n) is 8.02. The summed E-state index contributed by atoms with van der Waals surface area (Å²) in [6, 6.07) is 2.15. The van der Waals surface area contributed by atoms with Crippen LogP contribution in [0.5, 0.6) is 11.5 Å². The van der Waals surface area contributed by atoms with Gasteiger partial charge in [-0.25, -0.2) is 4.79 Å². The van der Waals surface area contributed by atoms with Crippen molar-refractivity contribution in [3.8, 4) is 11.5 Å². The molecule has 1 aromatic carbocycles. The molecule has 2 fully saturated rings. The molecule has 27 heavy (non-hydrogen) atoms. The fraction of sp³-hybridized carbons (Fsp3) is 0.412. The number of aliphatic carboxylic acids is 1. The van der Waals surface area contributed by atoms with Gasteiger partial charge in [0.05, 0.1) is 5.56 Å². The highest BCUT2D eigenvalue weighted by molar-refractivity contribution is 8.01. The van der Waals surface area contributed by atoms with Crippen LogP contribution < -0.4 is 5.32 Å². The molecule has 4 N–H and O–H groups in total. The molecule has 0 aromatic heterocycles. The number of rotatable bonds is 4. The molecular weight excluding hydrogens is 376 g/mol. The highest BCUT2D eigenvalue weighted by atomic mass is 32.2. The number of carboxylic acid groups (broad SMARTS) is 1. The number of ketones is 1. The molecule has 1 aromatic rings. The van der Waals surface area contributed by atoms with E-state index >= 15 is 0 Å². The molecule has 0 saturated carbocycles. The number of nitrogens with zero attached hydrogens (tertiary/aromatic N) is 1. The van der Waals surface area contributed by atoms with Crippen LogP contribution in [0, 0.1) is 0 Å². The van der Waals surface area contributed by atoms with Crippen LogP contribution in [0.25, 0.3) is 0 Å². The number of hydrogen-bond donors (Lipinski definition) is 4. The van der Waals surface area contributed by atoms with Gasteiger partial charge in [0.2, 0.25) is 5.54 Å². The van der Waals surface area contributed by atoms with Crippen LogP contribution in [0.1, 0.15) is 31.1 Å². The SMILES string of the molecule is CC(=O)[C@]1(NC(=O)c2cc(O)ccc2O)C(=O)N2[C@@H](C(=O)O)C(C)(C)S[C@@H]21. The maximum Gasteiger partial charge on any atom is 0.327 e. The maximum atomic E-state index is 12.8. The summed E-state index contributed by atoms with van der Waals surface area (Å²) in [4.78, 5) is 50.5. The smallest absolute Gasteiger partial charge is 0.327 e. The van der Waals surface area contributed by atoms with Crippen LogP contribution in [-0.2, 0) is 14.4 Å². The molecule has 0 radical (unpaired) electrons. The number of fused-ring (bicyclic) bond motifs is 1. The number of phenols is 2. The maximum absolute atomic E-state index is 12.8. The number of benzene rings is 1. The third-order valence-electron chi connectivity index (χ3n) is 4.87. The lowest BCUT2D eigenvalue weighted by molar-refractivity contribution is -0.170. The number of Topliss-reactive ketones (excluding diaryl/α,β-unsaturated/α-hetero) is 1. The molecule has 2 aliphatic rings. The van der Waals surface area contributed by atoms with Crippen LogP contribution in [0.4, 0.5) is 0 Å². The third kappa shape index (κ3) is 2.54. The van der Waals surface area contributed by atoms with Gasteiger partial charge in [-0.3, -0.25) is 14.4 Å². The molecule has 0 unspecified atom stereocenters. The Kier molecular flexibility index (Phi) is 4.14. The van der Waals surface area contributed by atoms with E-state index in [0.29, 0.717) is 0 Å². The predicted molar refractivity (Wildman–Crippen MR) is 94.4 cm³/mol. The Bertz CT molecular complexity index is 884. The van der Waals surface area contributed by atoms with Gasteiger partial charge in [0.25, 0.3) is 11.8 Å². The van der Waals surface area contributed by atoms with Crippen LogP contribution in [0.15, 0.2) is 18.2 Å². The number of carbonyl (C=O) groups is 4. The quantitative estimate of drug-likeness (QED) is 0.324. The van der Waals surface area contributed by atoms with E-state index in [1.165, 1.54) is 6.07 Å². The van der Waals surface area contributed by atoms with Crippen LogP contribution >= 0.6 is 11.8 Å². The van der Waals surface area contributed by atoms with Crippen molar-refractivity contribution in [2.45, 2.75) is 42.5 Å². The van der Waals surface area contributed by atoms with E-state index < -0.39 is 51.0 Å². The van der Waals surface area contributed by atoms with E-state index in [-0.39, 0.29) is 11.3 Å². The Hall–Kier alpha value is -2.75. The van der Waals surface area contributed by atoms with Crippen molar-refractivity contribution >= 4 is 35.3 Å². The van der Waals surface area contributed by atoms with Crippen molar-refractivity contribution < 1.29 is 34.5 Å². The van der Waals surface area contributed by atoms with Gasteiger partial charge in [0.1, 0.15) is 22.9 Å². The minimum absolute atomic E-state index is 0.279. The Morgan fingerprint density at radius 1 is 1.22 bits per heavy atom. The summed E-state index contributed by atoms with van der Waals surface area (Å²) in [6.45, 7) is 4.44. The molecule has 2 saturated heterocycles. The standard InChI is InChI=1S/C17H18N2O7S/c1-7(20)17(18-12(23)9-6-8(21)4-5-10(9)22)14(26)19-11(13(24)25)16(2,3)27-15(17)19/h4-6,11,15,21-22H,1-3H3,(H,18,23)(H,24,25)/t11-,15+,17-/m0/s1. The van der Waals surface area contributed by atoms with Crippen molar-refractivity contribution in [1.82, 2.24) is 10.2 Å². The minimum atomic E-state index is -1.93. The first kappa shape index (κ1) is 19.0. The molecule has 9 nitrogen and oxygen atoms in total. The van der Waals surface area contributed by atoms with Crippen LogP contribution in [-0.4, -0.2) is 65.5 Å². The van der Waals surface area contributed by atoms with Gasteiger partial charge < -0.3 is 25.5 Å². The zero-order valence-electron chi connectivity index (χ0n) is 14.7. The van der Waals surface area contributed by atoms with Gasteiger partial charge in [-0.2, -0.15) is 0 Å². The Labute approximate surface area is 158 Å². The Balaban J connectivity index is 1.99. The summed E-state index contributed by atoms with van der Waals surface area (Å²) in [5.41, 5.74) is -2.24. The van der Waals surface area contributed by atoms with Gasteiger partial charge in [-0.1, -0.05) is 0 Å². The predicted octanol–water partition coefficient (Wildman–Crippen LogP) is 0.302. The fourth-order valence-electron chi connectivity index (χ4n) is 3.54. The molecule has 3 atom stereocenters. The van der Waals surface area contributed by atoms with Gasteiger partial charge >= 0.3 is 5.97 Å². The number of amides is 2. The number of carbonyl (C=O) groups excluding carboxylic acids is 3. The summed E-state index contributed by atoms with van der Waals surface area (Å²) < 4.78 is -0.874. The summed E-state index contributed by atoms with van der Waals surface area (Å²) in [7, 11) is 0. The molecule has 2 amide bonds. The zero-order chi connectivity index (χ0) is 20.3. The molecule has 0 aliphatic carbocycles.